The number of hydrogen-bond donors (Lipinski definition) is 1. The molecule has 2 atom stereocenters. The Bertz CT molecular complexity index is 523. The first-order valence-electron chi connectivity index (χ1n) is 5.68. The third kappa shape index (κ3) is 3.28. The quantitative estimate of drug-likeness (QED) is 0.689. The molecular formula is C13H12Cl2N2O2. The van der Waals surface area contributed by atoms with Crippen molar-refractivity contribution in [3.05, 3.63) is 46.1 Å². The van der Waals surface area contributed by atoms with Crippen molar-refractivity contribution >= 4 is 35.3 Å². The van der Waals surface area contributed by atoms with E-state index in [0.717, 1.165) is 0 Å². The Morgan fingerprint density at radius 3 is 2.68 bits per heavy atom. The number of nitrogens with one attached hydrogen (secondary N) is 1. The van der Waals surface area contributed by atoms with Crippen LogP contribution in [-0.4, -0.2) is 18.2 Å². The van der Waals surface area contributed by atoms with Crippen LogP contribution in [0, 0.1) is 5.92 Å². The second kappa shape index (κ2) is 6.08. The van der Waals surface area contributed by atoms with Crippen molar-refractivity contribution in [3.8, 4) is 0 Å². The highest BCUT2D eigenvalue weighted by molar-refractivity contribution is 6.38. The number of carbonyl (C=O) groups excluding carboxylic acids is 1. The molecule has 0 bridgehead atoms. The number of halogens is 2. The number of hydrazone groups is 1. The summed E-state index contributed by atoms with van der Waals surface area (Å²) in [4.78, 5) is 11.8. The van der Waals surface area contributed by atoms with Gasteiger partial charge in [-0.1, -0.05) is 29.3 Å². The minimum atomic E-state index is -0.334. The standard InChI is InChI=1S/C13H12Cl2N2O2/c1-8-9(5-6-19-8)13(18)17-16-7-10-11(14)3-2-4-12(10)15/h2-9H,1H3,(H,17,18)/b16-7+. The van der Waals surface area contributed by atoms with E-state index >= 15 is 0 Å². The maximum atomic E-state index is 11.8. The summed E-state index contributed by atoms with van der Waals surface area (Å²) in [7, 11) is 0. The SMILES string of the molecule is CC1OC=CC1C(=O)N/N=C/c1c(Cl)cccc1Cl. The van der Waals surface area contributed by atoms with Crippen LogP contribution in [0.4, 0.5) is 0 Å². The molecule has 1 N–H and O–H groups in total. The Balaban J connectivity index is 2.00. The van der Waals surface area contributed by atoms with Gasteiger partial charge in [0, 0.05) is 5.56 Å². The molecule has 6 heteroatoms. The highest BCUT2D eigenvalue weighted by Crippen LogP contribution is 2.22. The molecule has 1 amide bonds. The van der Waals surface area contributed by atoms with Crippen LogP contribution in [0.15, 0.2) is 35.6 Å². The van der Waals surface area contributed by atoms with Crippen molar-refractivity contribution in [2.24, 2.45) is 11.0 Å². The Labute approximate surface area is 121 Å². The van der Waals surface area contributed by atoms with Crippen LogP contribution in [0.1, 0.15) is 12.5 Å². The number of benzene rings is 1. The second-order valence-corrected chi connectivity index (χ2v) is 4.88. The first-order chi connectivity index (χ1) is 9.09. The lowest BCUT2D eigenvalue weighted by Crippen LogP contribution is -2.31. The van der Waals surface area contributed by atoms with Gasteiger partial charge in [-0.25, -0.2) is 5.43 Å². The maximum absolute atomic E-state index is 11.8. The van der Waals surface area contributed by atoms with Gasteiger partial charge in [0.25, 0.3) is 5.91 Å². The summed E-state index contributed by atoms with van der Waals surface area (Å²) < 4.78 is 5.15. The molecule has 0 fully saturated rings. The van der Waals surface area contributed by atoms with Crippen LogP contribution in [0.3, 0.4) is 0 Å². The zero-order chi connectivity index (χ0) is 13.8. The molecule has 1 aliphatic rings. The minimum absolute atomic E-state index is 0.181. The number of hydrogen-bond acceptors (Lipinski definition) is 3. The fourth-order valence-electron chi connectivity index (χ4n) is 1.66. The molecule has 0 saturated carbocycles. The summed E-state index contributed by atoms with van der Waals surface area (Å²) >= 11 is 12.0. The lowest BCUT2D eigenvalue weighted by atomic mass is 10.1. The molecule has 0 aliphatic carbocycles. The van der Waals surface area contributed by atoms with Gasteiger partial charge in [0.1, 0.15) is 6.10 Å². The number of ether oxygens (including phenoxy) is 1. The molecule has 19 heavy (non-hydrogen) atoms. The van der Waals surface area contributed by atoms with Gasteiger partial charge in [0.05, 0.1) is 28.4 Å². The fraction of sp³-hybridized carbons (Fsp3) is 0.231. The van der Waals surface area contributed by atoms with Gasteiger partial charge in [-0.2, -0.15) is 5.10 Å². The van der Waals surface area contributed by atoms with Crippen LogP contribution >= 0.6 is 23.2 Å². The maximum Gasteiger partial charge on any atom is 0.250 e. The largest absolute Gasteiger partial charge is 0.497 e. The van der Waals surface area contributed by atoms with Crippen LogP contribution in [0.2, 0.25) is 10.0 Å². The number of rotatable bonds is 3. The van der Waals surface area contributed by atoms with E-state index in [2.05, 4.69) is 10.5 Å². The average molecular weight is 299 g/mol. The molecule has 100 valence electrons. The van der Waals surface area contributed by atoms with E-state index in [9.17, 15) is 4.79 Å². The molecule has 2 rings (SSSR count). The monoisotopic (exact) mass is 298 g/mol. The number of nitrogens with zero attached hydrogens (tertiary/aromatic N) is 1. The molecule has 1 heterocycles. The highest BCUT2D eigenvalue weighted by atomic mass is 35.5. The Hall–Kier alpha value is -1.52. The van der Waals surface area contributed by atoms with E-state index in [4.69, 9.17) is 27.9 Å². The molecule has 0 radical (unpaired) electrons. The zero-order valence-electron chi connectivity index (χ0n) is 10.1. The summed E-state index contributed by atoms with van der Waals surface area (Å²) in [5, 5.41) is 4.81. The van der Waals surface area contributed by atoms with Crippen molar-refractivity contribution in [3.63, 3.8) is 0 Å². The molecule has 1 aromatic carbocycles. The average Bonchev–Trinajstić information content (AvgIpc) is 2.79. The lowest BCUT2D eigenvalue weighted by Gasteiger charge is -2.11. The van der Waals surface area contributed by atoms with Crippen molar-refractivity contribution in [2.45, 2.75) is 13.0 Å². The van der Waals surface area contributed by atoms with E-state index in [0.29, 0.717) is 15.6 Å². The zero-order valence-corrected chi connectivity index (χ0v) is 11.7. The highest BCUT2D eigenvalue weighted by Gasteiger charge is 2.26. The molecule has 1 aromatic rings. The number of amides is 1. The van der Waals surface area contributed by atoms with Gasteiger partial charge in [0.15, 0.2) is 0 Å². The normalized spacial score (nSPS) is 21.6. The molecule has 4 nitrogen and oxygen atoms in total. The summed E-state index contributed by atoms with van der Waals surface area (Å²) in [6.07, 6.45) is 4.45. The van der Waals surface area contributed by atoms with Gasteiger partial charge >= 0.3 is 0 Å². The lowest BCUT2D eigenvalue weighted by molar-refractivity contribution is -0.125. The van der Waals surface area contributed by atoms with Crippen molar-refractivity contribution in [1.29, 1.82) is 0 Å². The molecule has 0 saturated heterocycles. The van der Waals surface area contributed by atoms with Crippen LogP contribution in [0.5, 0.6) is 0 Å². The van der Waals surface area contributed by atoms with E-state index in [1.165, 1.54) is 12.5 Å². The summed E-state index contributed by atoms with van der Waals surface area (Å²) in [6, 6.07) is 5.14. The van der Waals surface area contributed by atoms with Crippen LogP contribution in [0.25, 0.3) is 0 Å². The summed E-state index contributed by atoms with van der Waals surface area (Å²) in [5.41, 5.74) is 3.01. The predicted molar refractivity (Wildman–Crippen MR) is 75.4 cm³/mol. The van der Waals surface area contributed by atoms with Gasteiger partial charge in [0.2, 0.25) is 0 Å². The Morgan fingerprint density at radius 2 is 2.11 bits per heavy atom. The van der Waals surface area contributed by atoms with E-state index in [1.807, 2.05) is 6.92 Å². The first kappa shape index (κ1) is 13.9. The smallest absolute Gasteiger partial charge is 0.250 e. The first-order valence-corrected chi connectivity index (χ1v) is 6.44. The second-order valence-electron chi connectivity index (χ2n) is 4.07. The third-order valence-corrected chi connectivity index (χ3v) is 3.41. The Morgan fingerprint density at radius 1 is 1.42 bits per heavy atom. The summed E-state index contributed by atoms with van der Waals surface area (Å²) in [6.45, 7) is 1.82. The minimum Gasteiger partial charge on any atom is -0.497 e. The van der Waals surface area contributed by atoms with Gasteiger partial charge in [-0.3, -0.25) is 4.79 Å². The molecule has 2 unspecified atom stereocenters. The van der Waals surface area contributed by atoms with Gasteiger partial charge in [-0.15, -0.1) is 0 Å². The van der Waals surface area contributed by atoms with E-state index in [-0.39, 0.29) is 17.9 Å². The third-order valence-electron chi connectivity index (χ3n) is 2.76. The summed E-state index contributed by atoms with van der Waals surface area (Å²) in [5.74, 6) is -0.570. The molecule has 0 spiro atoms. The molecule has 0 aromatic heterocycles. The van der Waals surface area contributed by atoms with Crippen molar-refractivity contribution in [2.75, 3.05) is 0 Å². The predicted octanol–water partition coefficient (Wildman–Crippen LogP) is 2.99. The van der Waals surface area contributed by atoms with Crippen LogP contribution < -0.4 is 5.43 Å². The van der Waals surface area contributed by atoms with E-state index in [1.54, 1.807) is 24.3 Å². The van der Waals surface area contributed by atoms with Gasteiger partial charge in [-0.05, 0) is 25.1 Å². The molecular weight excluding hydrogens is 287 g/mol. The van der Waals surface area contributed by atoms with Crippen molar-refractivity contribution in [1.82, 2.24) is 5.43 Å². The van der Waals surface area contributed by atoms with Crippen LogP contribution in [-0.2, 0) is 9.53 Å². The van der Waals surface area contributed by atoms with Crippen molar-refractivity contribution < 1.29 is 9.53 Å². The Kier molecular flexibility index (Phi) is 4.45. The topological polar surface area (TPSA) is 50.7 Å². The van der Waals surface area contributed by atoms with Gasteiger partial charge < -0.3 is 4.74 Å². The number of carbonyl (C=O) groups is 1. The molecule has 1 aliphatic heterocycles. The van der Waals surface area contributed by atoms with E-state index < -0.39 is 0 Å². The fourth-order valence-corrected chi connectivity index (χ4v) is 2.16.